The number of anilines is 1. The molecule has 15 heavy (non-hydrogen) atoms. The van der Waals surface area contributed by atoms with E-state index < -0.39 is 0 Å². The van der Waals surface area contributed by atoms with Crippen molar-refractivity contribution in [2.24, 2.45) is 0 Å². The van der Waals surface area contributed by atoms with Gasteiger partial charge in [0.25, 0.3) is 0 Å². The Labute approximate surface area is 88.6 Å². The van der Waals surface area contributed by atoms with Crippen molar-refractivity contribution in [3.63, 3.8) is 0 Å². The van der Waals surface area contributed by atoms with Crippen molar-refractivity contribution in [3.05, 3.63) is 24.0 Å². The maximum absolute atomic E-state index is 13.4. The monoisotopic (exact) mass is 210 g/mol. The zero-order chi connectivity index (χ0) is 10.7. The third kappa shape index (κ3) is 2.39. The van der Waals surface area contributed by atoms with Gasteiger partial charge in [0.05, 0.1) is 12.6 Å². The summed E-state index contributed by atoms with van der Waals surface area (Å²) in [5.41, 5.74) is 0.808. The first kappa shape index (κ1) is 10.2. The van der Waals surface area contributed by atoms with E-state index in [2.05, 4.69) is 10.6 Å². The van der Waals surface area contributed by atoms with Crippen molar-refractivity contribution < 1.29 is 9.13 Å². The fraction of sp³-hybridized carbons (Fsp3) is 0.455. The number of benzene rings is 1. The minimum Gasteiger partial charge on any atom is -0.491 e. The second kappa shape index (κ2) is 4.49. The minimum absolute atomic E-state index is 0.311. The molecule has 82 valence electrons. The van der Waals surface area contributed by atoms with Gasteiger partial charge in [-0.3, -0.25) is 0 Å². The molecule has 2 N–H and O–H groups in total. The molecule has 0 saturated carbocycles. The molecule has 1 saturated heterocycles. The number of ether oxygens (including phenoxy) is 1. The van der Waals surface area contributed by atoms with Gasteiger partial charge in [0.2, 0.25) is 0 Å². The van der Waals surface area contributed by atoms with Crippen LogP contribution in [0.4, 0.5) is 10.1 Å². The summed E-state index contributed by atoms with van der Waals surface area (Å²) in [6.07, 6.45) is 0. The van der Waals surface area contributed by atoms with E-state index in [9.17, 15) is 4.39 Å². The van der Waals surface area contributed by atoms with Gasteiger partial charge >= 0.3 is 0 Å². The van der Waals surface area contributed by atoms with Gasteiger partial charge in [0.1, 0.15) is 0 Å². The fourth-order valence-corrected chi connectivity index (χ4v) is 1.49. The molecular formula is C11H15FN2O. The molecule has 2 rings (SSSR count). The molecule has 0 unspecified atom stereocenters. The highest BCUT2D eigenvalue weighted by Crippen LogP contribution is 2.21. The zero-order valence-electron chi connectivity index (χ0n) is 8.72. The van der Waals surface area contributed by atoms with E-state index in [1.54, 1.807) is 6.07 Å². The Morgan fingerprint density at radius 1 is 1.53 bits per heavy atom. The normalized spacial score (nSPS) is 15.9. The Bertz CT molecular complexity index is 339. The molecule has 4 heteroatoms. The number of nitrogens with one attached hydrogen (secondary N) is 2. The standard InChI is InChI=1S/C11H15FN2O/c1-2-15-11-4-3-8(5-10(11)12)14-9-6-13-7-9/h3-5,9,13-14H,2,6-7H2,1H3. The molecule has 1 heterocycles. The average molecular weight is 210 g/mol. The van der Waals surface area contributed by atoms with Crippen LogP contribution in [0.3, 0.4) is 0 Å². The zero-order valence-corrected chi connectivity index (χ0v) is 8.72. The van der Waals surface area contributed by atoms with Crippen LogP contribution in [0.2, 0.25) is 0 Å². The maximum atomic E-state index is 13.4. The molecule has 1 aromatic carbocycles. The summed E-state index contributed by atoms with van der Waals surface area (Å²) < 4.78 is 18.6. The molecule has 1 fully saturated rings. The van der Waals surface area contributed by atoms with Gasteiger partial charge in [-0.1, -0.05) is 0 Å². The highest BCUT2D eigenvalue weighted by molar-refractivity contribution is 5.48. The molecule has 0 radical (unpaired) electrons. The van der Waals surface area contributed by atoms with Gasteiger partial charge in [0, 0.05) is 24.8 Å². The average Bonchev–Trinajstić information content (AvgIpc) is 2.16. The third-order valence-electron chi connectivity index (χ3n) is 2.38. The van der Waals surface area contributed by atoms with Gasteiger partial charge < -0.3 is 15.4 Å². The smallest absolute Gasteiger partial charge is 0.167 e. The Kier molecular flexibility index (Phi) is 3.06. The predicted molar refractivity (Wildman–Crippen MR) is 57.8 cm³/mol. The molecule has 0 aliphatic carbocycles. The Hall–Kier alpha value is -1.29. The lowest BCUT2D eigenvalue weighted by Gasteiger charge is -2.29. The van der Waals surface area contributed by atoms with E-state index in [0.717, 1.165) is 18.8 Å². The Morgan fingerprint density at radius 3 is 2.87 bits per heavy atom. The molecule has 1 aromatic rings. The summed E-state index contributed by atoms with van der Waals surface area (Å²) in [6, 6.07) is 5.39. The molecule has 0 atom stereocenters. The maximum Gasteiger partial charge on any atom is 0.167 e. The lowest BCUT2D eigenvalue weighted by atomic mass is 10.1. The van der Waals surface area contributed by atoms with Crippen LogP contribution in [0.5, 0.6) is 5.75 Å². The summed E-state index contributed by atoms with van der Waals surface area (Å²) in [5, 5.41) is 6.38. The molecule has 1 aliphatic rings. The van der Waals surface area contributed by atoms with Crippen LogP contribution in [0.1, 0.15) is 6.92 Å². The second-order valence-electron chi connectivity index (χ2n) is 3.58. The van der Waals surface area contributed by atoms with Crippen LogP contribution in [-0.4, -0.2) is 25.7 Å². The van der Waals surface area contributed by atoms with Crippen LogP contribution in [0.25, 0.3) is 0 Å². The number of hydrogen-bond donors (Lipinski definition) is 2. The third-order valence-corrected chi connectivity index (χ3v) is 2.38. The molecule has 0 amide bonds. The van der Waals surface area contributed by atoms with Crippen LogP contribution >= 0.6 is 0 Å². The second-order valence-corrected chi connectivity index (χ2v) is 3.58. The van der Waals surface area contributed by atoms with Crippen molar-refractivity contribution in [1.29, 1.82) is 0 Å². The van der Waals surface area contributed by atoms with E-state index in [0.29, 0.717) is 18.4 Å². The van der Waals surface area contributed by atoms with Crippen LogP contribution in [0.15, 0.2) is 18.2 Å². The molecular weight excluding hydrogens is 195 g/mol. The molecule has 3 nitrogen and oxygen atoms in total. The first-order valence-corrected chi connectivity index (χ1v) is 5.19. The topological polar surface area (TPSA) is 33.3 Å². The summed E-state index contributed by atoms with van der Waals surface area (Å²) in [5.74, 6) is 0.00363. The highest BCUT2D eigenvalue weighted by atomic mass is 19.1. The molecule has 0 bridgehead atoms. The highest BCUT2D eigenvalue weighted by Gasteiger charge is 2.16. The van der Waals surface area contributed by atoms with E-state index in [4.69, 9.17) is 4.74 Å². The van der Waals surface area contributed by atoms with Crippen LogP contribution in [-0.2, 0) is 0 Å². The van der Waals surface area contributed by atoms with Crippen molar-refractivity contribution in [2.75, 3.05) is 25.0 Å². The van der Waals surface area contributed by atoms with Crippen molar-refractivity contribution in [3.8, 4) is 5.75 Å². The largest absolute Gasteiger partial charge is 0.491 e. The lowest BCUT2D eigenvalue weighted by Crippen LogP contribution is -2.51. The van der Waals surface area contributed by atoms with E-state index in [1.165, 1.54) is 6.07 Å². The Morgan fingerprint density at radius 2 is 2.33 bits per heavy atom. The summed E-state index contributed by atoms with van der Waals surface area (Å²) in [6.45, 7) is 4.20. The summed E-state index contributed by atoms with van der Waals surface area (Å²) in [4.78, 5) is 0. The summed E-state index contributed by atoms with van der Waals surface area (Å²) >= 11 is 0. The van der Waals surface area contributed by atoms with Crippen molar-refractivity contribution in [1.82, 2.24) is 5.32 Å². The fourth-order valence-electron chi connectivity index (χ4n) is 1.49. The van der Waals surface area contributed by atoms with E-state index in [1.807, 2.05) is 13.0 Å². The lowest BCUT2D eigenvalue weighted by molar-refractivity contribution is 0.321. The van der Waals surface area contributed by atoms with E-state index >= 15 is 0 Å². The quantitative estimate of drug-likeness (QED) is 0.792. The minimum atomic E-state index is -0.311. The first-order chi connectivity index (χ1) is 7.29. The molecule has 1 aliphatic heterocycles. The van der Waals surface area contributed by atoms with Gasteiger partial charge in [-0.15, -0.1) is 0 Å². The van der Waals surface area contributed by atoms with Crippen molar-refractivity contribution >= 4 is 5.69 Å². The molecule has 0 aromatic heterocycles. The predicted octanol–water partition coefficient (Wildman–Crippen LogP) is 1.61. The van der Waals surface area contributed by atoms with Crippen molar-refractivity contribution in [2.45, 2.75) is 13.0 Å². The summed E-state index contributed by atoms with van der Waals surface area (Å²) in [7, 11) is 0. The van der Waals surface area contributed by atoms with Crippen LogP contribution in [0, 0.1) is 5.82 Å². The number of halogens is 1. The van der Waals surface area contributed by atoms with Gasteiger partial charge in [-0.25, -0.2) is 4.39 Å². The van der Waals surface area contributed by atoms with Gasteiger partial charge in [-0.05, 0) is 19.1 Å². The van der Waals surface area contributed by atoms with E-state index in [-0.39, 0.29) is 5.82 Å². The van der Waals surface area contributed by atoms with Gasteiger partial charge in [-0.2, -0.15) is 0 Å². The van der Waals surface area contributed by atoms with Crippen LogP contribution < -0.4 is 15.4 Å². The Balaban J connectivity index is 2.03. The molecule has 0 spiro atoms. The number of rotatable bonds is 4. The first-order valence-electron chi connectivity index (χ1n) is 5.19. The number of hydrogen-bond acceptors (Lipinski definition) is 3. The van der Waals surface area contributed by atoms with Gasteiger partial charge in [0.15, 0.2) is 11.6 Å². The SMILES string of the molecule is CCOc1ccc(NC2CNC2)cc1F.